The number of aryl methyl sites for hydroxylation is 2. The number of fused-ring (bicyclic) bond motifs is 7. The van der Waals surface area contributed by atoms with Crippen molar-refractivity contribution in [1.29, 1.82) is 0 Å². The fourth-order valence-electron chi connectivity index (χ4n) is 11.1. The summed E-state index contributed by atoms with van der Waals surface area (Å²) in [4.78, 5) is 5.11. The molecule has 0 radical (unpaired) electrons. The second kappa shape index (κ2) is 15.5. The number of anilines is 6. The van der Waals surface area contributed by atoms with E-state index in [4.69, 9.17) is 0 Å². The van der Waals surface area contributed by atoms with Gasteiger partial charge in [-0.15, -0.1) is 0 Å². The lowest BCUT2D eigenvalue weighted by molar-refractivity contribution is 0.590. The lowest BCUT2D eigenvalue weighted by Crippen LogP contribution is -2.61. The summed E-state index contributed by atoms with van der Waals surface area (Å²) in [7, 11) is 0. The van der Waals surface area contributed by atoms with Crippen molar-refractivity contribution in [1.82, 2.24) is 4.57 Å². The van der Waals surface area contributed by atoms with Crippen LogP contribution in [0, 0.1) is 13.8 Å². The van der Waals surface area contributed by atoms with Crippen molar-refractivity contribution < 1.29 is 0 Å². The Bertz CT molecular complexity index is 3360. The molecule has 0 aliphatic carbocycles. The van der Waals surface area contributed by atoms with Crippen LogP contribution in [0.2, 0.25) is 0 Å². The van der Waals surface area contributed by atoms with Crippen molar-refractivity contribution in [2.24, 2.45) is 0 Å². The highest BCUT2D eigenvalue weighted by Crippen LogP contribution is 2.47. The van der Waals surface area contributed by atoms with E-state index >= 15 is 0 Å². The highest BCUT2D eigenvalue weighted by Gasteiger charge is 2.44. The zero-order chi connectivity index (χ0) is 46.6. The molecular weight excluding hydrogens is 822 g/mol. The second-order valence-corrected chi connectivity index (χ2v) is 21.3. The van der Waals surface area contributed by atoms with Gasteiger partial charge in [0.15, 0.2) is 0 Å². The normalized spacial score (nSPS) is 13.2. The summed E-state index contributed by atoms with van der Waals surface area (Å²) in [5.74, 6) is 0. The maximum atomic E-state index is 2.56. The predicted molar refractivity (Wildman–Crippen MR) is 293 cm³/mol. The average molecular weight is 878 g/mol. The van der Waals surface area contributed by atoms with Gasteiger partial charge in [-0.25, -0.2) is 0 Å². The first-order valence-corrected chi connectivity index (χ1v) is 24.2. The van der Waals surface area contributed by atoms with E-state index in [1.54, 1.807) is 0 Å². The van der Waals surface area contributed by atoms with E-state index in [1.165, 1.54) is 105 Å². The van der Waals surface area contributed by atoms with Gasteiger partial charge in [0.1, 0.15) is 0 Å². The summed E-state index contributed by atoms with van der Waals surface area (Å²) < 4.78 is 2.55. The molecule has 3 heterocycles. The Morgan fingerprint density at radius 2 is 0.765 bits per heavy atom. The lowest BCUT2D eigenvalue weighted by Gasteiger charge is -2.44. The van der Waals surface area contributed by atoms with Crippen LogP contribution in [0.3, 0.4) is 0 Å². The second-order valence-electron chi connectivity index (χ2n) is 21.3. The molecule has 3 nitrogen and oxygen atoms in total. The monoisotopic (exact) mass is 877 g/mol. The van der Waals surface area contributed by atoms with Crippen LogP contribution in [0.25, 0.3) is 49.7 Å². The average Bonchev–Trinajstić information content (AvgIpc) is 3.67. The molecule has 0 unspecified atom stereocenters. The van der Waals surface area contributed by atoms with Crippen molar-refractivity contribution in [2.45, 2.75) is 66.2 Å². The Morgan fingerprint density at radius 3 is 1.16 bits per heavy atom. The Hall–Kier alpha value is -7.56. The van der Waals surface area contributed by atoms with Crippen LogP contribution >= 0.6 is 0 Å². The maximum absolute atomic E-state index is 2.56. The molecule has 68 heavy (non-hydrogen) atoms. The number of rotatable bonds is 5. The summed E-state index contributed by atoms with van der Waals surface area (Å²) >= 11 is 0. The van der Waals surface area contributed by atoms with Crippen LogP contribution in [0.4, 0.5) is 34.1 Å². The quantitative estimate of drug-likeness (QED) is 0.160. The standard InChI is InChI=1S/C64H56BN3/c1-41-19-33-56-54(35-41)65-55-36-42(2)20-34-57(55)67(50-29-25-48(26-30-50)64(6,7)8)61-40-51(39-60(62(61)65)66(56)49-27-23-47(24-28-49)63(3,4)5)68-58-37-45(43-15-11-9-12-16-43)21-31-52(58)53-32-22-46(38-59(53)68)44-17-13-10-14-18-44/h9-40H,1-8H3. The van der Waals surface area contributed by atoms with E-state index in [-0.39, 0.29) is 17.5 Å². The van der Waals surface area contributed by atoms with E-state index in [0.29, 0.717) is 0 Å². The van der Waals surface area contributed by atoms with Gasteiger partial charge in [0, 0.05) is 44.9 Å². The van der Waals surface area contributed by atoms with Crippen LogP contribution in [-0.4, -0.2) is 11.3 Å². The number of hydrogen-bond donors (Lipinski definition) is 0. The molecule has 9 aromatic carbocycles. The van der Waals surface area contributed by atoms with Crippen LogP contribution in [-0.2, 0) is 10.8 Å². The molecule has 2 aliphatic heterocycles. The van der Waals surface area contributed by atoms with Gasteiger partial charge in [-0.2, -0.15) is 0 Å². The molecule has 0 spiro atoms. The minimum Gasteiger partial charge on any atom is -0.311 e. The molecule has 0 amide bonds. The topological polar surface area (TPSA) is 11.4 Å². The molecule has 330 valence electrons. The molecule has 10 aromatic rings. The summed E-state index contributed by atoms with van der Waals surface area (Å²) in [6.07, 6.45) is 0. The van der Waals surface area contributed by atoms with E-state index in [9.17, 15) is 0 Å². The minimum absolute atomic E-state index is 0.0153. The van der Waals surface area contributed by atoms with Gasteiger partial charge in [-0.1, -0.05) is 186 Å². The highest BCUT2D eigenvalue weighted by molar-refractivity contribution is 7.00. The predicted octanol–water partition coefficient (Wildman–Crippen LogP) is 15.4. The molecule has 0 saturated carbocycles. The van der Waals surface area contributed by atoms with E-state index in [0.717, 1.165) is 17.1 Å². The Morgan fingerprint density at radius 1 is 0.353 bits per heavy atom. The zero-order valence-corrected chi connectivity index (χ0v) is 40.4. The van der Waals surface area contributed by atoms with Crippen molar-refractivity contribution in [2.75, 3.05) is 9.80 Å². The van der Waals surface area contributed by atoms with Gasteiger partial charge in [-0.3, -0.25) is 0 Å². The molecule has 0 atom stereocenters. The van der Waals surface area contributed by atoms with Crippen LogP contribution in [0.5, 0.6) is 0 Å². The maximum Gasteiger partial charge on any atom is 0.252 e. The molecule has 2 aliphatic rings. The van der Waals surface area contributed by atoms with Crippen LogP contribution in [0.1, 0.15) is 63.8 Å². The molecule has 12 rings (SSSR count). The molecule has 0 bridgehead atoms. The van der Waals surface area contributed by atoms with Gasteiger partial charge in [-0.05, 0) is 135 Å². The third-order valence-electron chi connectivity index (χ3n) is 14.6. The molecule has 0 saturated heterocycles. The van der Waals surface area contributed by atoms with Gasteiger partial charge in [0.2, 0.25) is 0 Å². The fraction of sp³-hybridized carbons (Fsp3) is 0.156. The SMILES string of the molecule is Cc1ccc2c(c1)B1c3cc(C)ccc3N(c3ccc(C(C)(C)C)cc3)c3cc(-n4c5cc(-c6ccccc6)ccc5c5ccc(-c6ccccc6)cc54)cc(c31)N2c1ccc(C(C)(C)C)cc1. The summed E-state index contributed by atoms with van der Waals surface area (Å²) in [5, 5.41) is 2.46. The largest absolute Gasteiger partial charge is 0.311 e. The number of aromatic nitrogens is 1. The summed E-state index contributed by atoms with van der Waals surface area (Å²) in [6, 6.07) is 73.5. The van der Waals surface area contributed by atoms with Gasteiger partial charge in [0.25, 0.3) is 6.71 Å². The molecule has 4 heteroatoms. The number of hydrogen-bond acceptors (Lipinski definition) is 2. The van der Waals surface area contributed by atoms with Gasteiger partial charge >= 0.3 is 0 Å². The Labute approximate surface area is 402 Å². The van der Waals surface area contributed by atoms with Crippen LogP contribution < -0.4 is 26.2 Å². The zero-order valence-electron chi connectivity index (χ0n) is 40.4. The van der Waals surface area contributed by atoms with Gasteiger partial charge < -0.3 is 14.4 Å². The van der Waals surface area contributed by atoms with Gasteiger partial charge in [0.05, 0.1) is 16.7 Å². The number of benzene rings is 9. The Balaban J connectivity index is 1.22. The molecule has 0 N–H and O–H groups in total. The third kappa shape index (κ3) is 6.80. The first-order valence-electron chi connectivity index (χ1n) is 24.2. The van der Waals surface area contributed by atoms with Crippen molar-refractivity contribution in [3.63, 3.8) is 0 Å². The Kier molecular flexibility index (Phi) is 9.54. The van der Waals surface area contributed by atoms with Crippen molar-refractivity contribution in [3.8, 4) is 27.9 Å². The first-order chi connectivity index (χ1) is 32.8. The smallest absolute Gasteiger partial charge is 0.252 e. The summed E-state index contributed by atoms with van der Waals surface area (Å²) in [5.41, 5.74) is 24.6. The molecular formula is C64H56BN3. The van der Waals surface area contributed by atoms with E-state index in [1.807, 2.05) is 0 Å². The fourth-order valence-corrected chi connectivity index (χ4v) is 11.1. The third-order valence-corrected chi connectivity index (χ3v) is 14.6. The highest BCUT2D eigenvalue weighted by atomic mass is 15.2. The number of nitrogens with zero attached hydrogens (tertiary/aromatic N) is 3. The molecule has 1 aromatic heterocycles. The first kappa shape index (κ1) is 41.8. The summed E-state index contributed by atoms with van der Waals surface area (Å²) in [6.45, 7) is 18.3. The van der Waals surface area contributed by atoms with Crippen molar-refractivity contribution >= 4 is 79.0 Å². The minimum atomic E-state index is 0.0153. The van der Waals surface area contributed by atoms with Crippen molar-refractivity contribution in [3.05, 3.63) is 216 Å². The van der Waals surface area contributed by atoms with Crippen LogP contribution in [0.15, 0.2) is 194 Å². The molecule has 0 fully saturated rings. The van der Waals surface area contributed by atoms with E-state index < -0.39 is 0 Å². The van der Waals surface area contributed by atoms with E-state index in [2.05, 4.69) is 264 Å². The lowest BCUT2D eigenvalue weighted by atomic mass is 9.33.